The molecule has 2 fully saturated rings. The first-order chi connectivity index (χ1) is 10.8. The van der Waals surface area contributed by atoms with E-state index in [4.69, 9.17) is 0 Å². The van der Waals surface area contributed by atoms with Crippen LogP contribution in [0.25, 0.3) is 0 Å². The fraction of sp³-hybridized carbons (Fsp3) is 0.667. The van der Waals surface area contributed by atoms with E-state index < -0.39 is 0 Å². The number of nitrogens with one attached hydrogen (secondary N) is 1. The van der Waals surface area contributed by atoms with Gasteiger partial charge < -0.3 is 20.2 Å². The molecule has 2 saturated heterocycles. The Morgan fingerprint density at radius 1 is 1.05 bits per heavy atom. The molecular weight excluding hydrogens is 274 g/mol. The topological polar surface area (TPSA) is 38.7 Å². The molecule has 4 nitrogen and oxygen atoms in total. The second kappa shape index (κ2) is 7.95. The summed E-state index contributed by atoms with van der Waals surface area (Å²) in [5.41, 5.74) is 1.35. The Hall–Kier alpha value is -1.10. The van der Waals surface area contributed by atoms with Gasteiger partial charge in [0.05, 0.1) is 0 Å². The maximum absolute atomic E-state index is 9.18. The summed E-state index contributed by atoms with van der Waals surface area (Å²) in [7, 11) is 0. The molecule has 0 aromatic heterocycles. The normalized spacial score (nSPS) is 24.0. The van der Waals surface area contributed by atoms with Crippen LogP contribution in [0.15, 0.2) is 30.3 Å². The molecule has 2 N–H and O–H groups in total. The highest BCUT2D eigenvalue weighted by Gasteiger charge is 2.22. The summed E-state index contributed by atoms with van der Waals surface area (Å²) < 4.78 is 0. The molecule has 3 rings (SSSR count). The number of hydrogen-bond acceptors (Lipinski definition) is 4. The van der Waals surface area contributed by atoms with Gasteiger partial charge >= 0.3 is 0 Å². The molecule has 1 unspecified atom stereocenters. The van der Waals surface area contributed by atoms with Gasteiger partial charge in [-0.05, 0) is 50.4 Å². The second-order valence-electron chi connectivity index (χ2n) is 6.69. The molecule has 22 heavy (non-hydrogen) atoms. The molecular formula is C18H29N3O. The van der Waals surface area contributed by atoms with Crippen LogP contribution >= 0.6 is 0 Å². The minimum absolute atomic E-state index is 0.365. The predicted octanol–water partition coefficient (Wildman–Crippen LogP) is 1.56. The van der Waals surface area contributed by atoms with Gasteiger partial charge in [-0.1, -0.05) is 18.2 Å². The van der Waals surface area contributed by atoms with Crippen molar-refractivity contribution in [2.24, 2.45) is 5.92 Å². The van der Waals surface area contributed by atoms with Gasteiger partial charge in [0, 0.05) is 44.5 Å². The number of anilines is 1. The molecule has 0 saturated carbocycles. The zero-order valence-electron chi connectivity index (χ0n) is 13.5. The molecule has 0 spiro atoms. The number of rotatable bonds is 6. The third kappa shape index (κ3) is 4.22. The fourth-order valence-corrected chi connectivity index (χ4v) is 3.62. The first-order valence-corrected chi connectivity index (χ1v) is 8.72. The Balaban J connectivity index is 1.34. The molecule has 122 valence electrons. The number of aliphatic hydroxyl groups is 1. The van der Waals surface area contributed by atoms with Gasteiger partial charge in [-0.3, -0.25) is 0 Å². The molecule has 4 heteroatoms. The molecule has 2 aliphatic rings. The SMILES string of the molecule is OCC1CCN(CCNC2CCN(c3ccccc3)C2)CC1. The maximum atomic E-state index is 9.18. The number of piperidine rings is 1. The number of para-hydroxylation sites is 1. The molecule has 1 aromatic rings. The lowest BCUT2D eigenvalue weighted by Crippen LogP contribution is -2.42. The van der Waals surface area contributed by atoms with E-state index in [-0.39, 0.29) is 0 Å². The summed E-state index contributed by atoms with van der Waals surface area (Å²) in [5.74, 6) is 0.540. The lowest BCUT2D eigenvalue weighted by Gasteiger charge is -2.31. The zero-order chi connectivity index (χ0) is 15.2. The number of likely N-dealkylation sites (tertiary alicyclic amines) is 1. The number of aliphatic hydroxyl groups excluding tert-OH is 1. The lowest BCUT2D eigenvalue weighted by atomic mass is 9.98. The van der Waals surface area contributed by atoms with Gasteiger partial charge in [-0.2, -0.15) is 0 Å². The second-order valence-corrected chi connectivity index (χ2v) is 6.69. The summed E-state index contributed by atoms with van der Waals surface area (Å²) in [5, 5.41) is 12.9. The lowest BCUT2D eigenvalue weighted by molar-refractivity contribution is 0.131. The van der Waals surface area contributed by atoms with Gasteiger partial charge in [0.2, 0.25) is 0 Å². The first kappa shape index (κ1) is 15.8. The quantitative estimate of drug-likeness (QED) is 0.836. The molecule has 0 bridgehead atoms. The number of benzene rings is 1. The average Bonchev–Trinajstić information content (AvgIpc) is 3.05. The van der Waals surface area contributed by atoms with Crippen molar-refractivity contribution in [1.29, 1.82) is 0 Å². The van der Waals surface area contributed by atoms with Crippen molar-refractivity contribution in [3.05, 3.63) is 30.3 Å². The third-order valence-electron chi connectivity index (χ3n) is 5.14. The minimum atomic E-state index is 0.365. The Morgan fingerprint density at radius 3 is 2.55 bits per heavy atom. The summed E-state index contributed by atoms with van der Waals surface area (Å²) >= 11 is 0. The van der Waals surface area contributed by atoms with Crippen LogP contribution < -0.4 is 10.2 Å². The summed E-state index contributed by atoms with van der Waals surface area (Å²) in [4.78, 5) is 5.01. The predicted molar refractivity (Wildman–Crippen MR) is 91.3 cm³/mol. The molecule has 2 aliphatic heterocycles. The van der Waals surface area contributed by atoms with E-state index in [0.717, 1.165) is 52.1 Å². The molecule has 0 amide bonds. The smallest absolute Gasteiger partial charge is 0.0460 e. The standard InChI is InChI=1S/C18H29N3O/c22-15-16-6-10-20(11-7-16)13-9-19-17-8-12-21(14-17)18-4-2-1-3-5-18/h1-5,16-17,19,22H,6-15H2. The summed E-state index contributed by atoms with van der Waals surface area (Å²) in [6.07, 6.45) is 3.55. The highest BCUT2D eigenvalue weighted by atomic mass is 16.3. The minimum Gasteiger partial charge on any atom is -0.396 e. The van der Waals surface area contributed by atoms with E-state index in [1.165, 1.54) is 12.1 Å². The van der Waals surface area contributed by atoms with Crippen LogP contribution in [0.4, 0.5) is 5.69 Å². The summed E-state index contributed by atoms with van der Waals surface area (Å²) in [6.45, 7) is 7.15. The van der Waals surface area contributed by atoms with Gasteiger partial charge in [0.1, 0.15) is 0 Å². The number of nitrogens with zero attached hydrogens (tertiary/aromatic N) is 2. The van der Waals surface area contributed by atoms with Crippen molar-refractivity contribution >= 4 is 5.69 Å². The third-order valence-corrected chi connectivity index (χ3v) is 5.14. The monoisotopic (exact) mass is 303 g/mol. The van der Waals surface area contributed by atoms with Crippen molar-refractivity contribution in [2.75, 3.05) is 50.8 Å². The van der Waals surface area contributed by atoms with E-state index in [1.807, 2.05) is 0 Å². The van der Waals surface area contributed by atoms with Crippen LogP contribution in [0.1, 0.15) is 19.3 Å². The Kier molecular flexibility index (Phi) is 5.70. The van der Waals surface area contributed by atoms with Crippen molar-refractivity contribution in [3.63, 3.8) is 0 Å². The van der Waals surface area contributed by atoms with Crippen LogP contribution in [0.5, 0.6) is 0 Å². The molecule has 0 radical (unpaired) electrons. The fourth-order valence-electron chi connectivity index (χ4n) is 3.62. The van der Waals surface area contributed by atoms with Crippen LogP contribution in [0, 0.1) is 5.92 Å². The largest absolute Gasteiger partial charge is 0.396 e. The van der Waals surface area contributed by atoms with Crippen molar-refractivity contribution in [1.82, 2.24) is 10.2 Å². The van der Waals surface area contributed by atoms with Crippen LogP contribution in [-0.4, -0.2) is 61.9 Å². The van der Waals surface area contributed by atoms with Crippen molar-refractivity contribution in [2.45, 2.75) is 25.3 Å². The Labute approximate surface area is 134 Å². The molecule has 1 atom stereocenters. The highest BCUT2D eigenvalue weighted by Crippen LogP contribution is 2.20. The van der Waals surface area contributed by atoms with E-state index >= 15 is 0 Å². The van der Waals surface area contributed by atoms with E-state index in [0.29, 0.717) is 18.6 Å². The Morgan fingerprint density at radius 2 is 1.82 bits per heavy atom. The van der Waals surface area contributed by atoms with Gasteiger partial charge in [0.15, 0.2) is 0 Å². The first-order valence-electron chi connectivity index (χ1n) is 8.72. The number of hydrogen-bond donors (Lipinski definition) is 2. The van der Waals surface area contributed by atoms with E-state index in [9.17, 15) is 5.11 Å². The van der Waals surface area contributed by atoms with Crippen molar-refractivity contribution < 1.29 is 5.11 Å². The van der Waals surface area contributed by atoms with Crippen LogP contribution in [-0.2, 0) is 0 Å². The highest BCUT2D eigenvalue weighted by molar-refractivity contribution is 5.47. The van der Waals surface area contributed by atoms with Crippen LogP contribution in [0.2, 0.25) is 0 Å². The molecule has 1 aromatic carbocycles. The maximum Gasteiger partial charge on any atom is 0.0460 e. The van der Waals surface area contributed by atoms with Crippen molar-refractivity contribution in [3.8, 4) is 0 Å². The Bertz CT molecular complexity index is 431. The van der Waals surface area contributed by atoms with Gasteiger partial charge in [0.25, 0.3) is 0 Å². The van der Waals surface area contributed by atoms with Gasteiger partial charge in [-0.25, -0.2) is 0 Å². The zero-order valence-corrected chi connectivity index (χ0v) is 13.5. The van der Waals surface area contributed by atoms with Gasteiger partial charge in [-0.15, -0.1) is 0 Å². The van der Waals surface area contributed by atoms with E-state index in [2.05, 4.69) is 45.4 Å². The van der Waals surface area contributed by atoms with Crippen LogP contribution in [0.3, 0.4) is 0 Å². The van der Waals surface area contributed by atoms with E-state index in [1.54, 1.807) is 0 Å². The summed E-state index contributed by atoms with van der Waals surface area (Å²) in [6, 6.07) is 11.3. The molecule has 0 aliphatic carbocycles. The molecule has 2 heterocycles. The average molecular weight is 303 g/mol.